The molecule has 2 bridgehead atoms. The SMILES string of the molecule is CC1CCN(C(=O)c2cccc(NC(=O)[C@H]3[C@@H]4C[C@@H]5[C@H]3C(=O)O[C@@H]5C4)c2)CC1. The fourth-order valence-corrected chi connectivity index (χ4v) is 5.71. The van der Waals surface area contributed by atoms with Crippen LogP contribution < -0.4 is 5.32 Å². The van der Waals surface area contributed by atoms with Gasteiger partial charge in [0.1, 0.15) is 6.10 Å². The van der Waals surface area contributed by atoms with Crippen molar-refractivity contribution in [3.8, 4) is 0 Å². The summed E-state index contributed by atoms with van der Waals surface area (Å²) < 4.78 is 5.43. The van der Waals surface area contributed by atoms with Crippen LogP contribution in [0.1, 0.15) is 43.0 Å². The molecule has 2 aliphatic carbocycles. The molecule has 0 spiro atoms. The summed E-state index contributed by atoms with van der Waals surface area (Å²) in [6.45, 7) is 3.79. The van der Waals surface area contributed by atoms with Crippen LogP contribution in [0.2, 0.25) is 0 Å². The zero-order chi connectivity index (χ0) is 19.4. The highest BCUT2D eigenvalue weighted by molar-refractivity contribution is 5.99. The number of amides is 2. The monoisotopic (exact) mass is 382 g/mol. The Bertz CT molecular complexity index is 828. The van der Waals surface area contributed by atoms with E-state index in [2.05, 4.69) is 12.2 Å². The van der Waals surface area contributed by atoms with E-state index in [1.165, 1.54) is 0 Å². The first-order chi connectivity index (χ1) is 13.5. The van der Waals surface area contributed by atoms with E-state index in [4.69, 9.17) is 4.74 Å². The van der Waals surface area contributed by atoms with Crippen LogP contribution in [0.5, 0.6) is 0 Å². The van der Waals surface area contributed by atoms with Crippen molar-refractivity contribution in [3.05, 3.63) is 29.8 Å². The number of anilines is 1. The van der Waals surface area contributed by atoms with E-state index in [0.717, 1.165) is 38.8 Å². The minimum absolute atomic E-state index is 0.0186. The average Bonchev–Trinajstić information content (AvgIpc) is 3.31. The smallest absolute Gasteiger partial charge is 0.310 e. The number of fused-ring (bicyclic) bond motifs is 1. The predicted octanol–water partition coefficient (Wildman–Crippen LogP) is 2.69. The normalized spacial score (nSPS) is 33.8. The fourth-order valence-electron chi connectivity index (χ4n) is 5.71. The summed E-state index contributed by atoms with van der Waals surface area (Å²) in [4.78, 5) is 39.8. The zero-order valence-corrected chi connectivity index (χ0v) is 16.1. The lowest BCUT2D eigenvalue weighted by Crippen LogP contribution is -2.38. The molecular formula is C22H26N2O4. The van der Waals surface area contributed by atoms with Gasteiger partial charge >= 0.3 is 5.97 Å². The number of piperidine rings is 1. The highest BCUT2D eigenvalue weighted by atomic mass is 16.6. The topological polar surface area (TPSA) is 75.7 Å². The number of ether oxygens (including phenoxy) is 1. The highest BCUT2D eigenvalue weighted by Gasteiger charge is 2.63. The van der Waals surface area contributed by atoms with Crippen molar-refractivity contribution in [2.75, 3.05) is 18.4 Å². The molecule has 0 unspecified atom stereocenters. The molecule has 5 atom stereocenters. The van der Waals surface area contributed by atoms with Crippen LogP contribution in [0.15, 0.2) is 24.3 Å². The summed E-state index contributed by atoms with van der Waals surface area (Å²) in [5, 5.41) is 2.96. The largest absolute Gasteiger partial charge is 0.462 e. The molecule has 1 aromatic rings. The van der Waals surface area contributed by atoms with Gasteiger partial charge in [-0.3, -0.25) is 14.4 Å². The first-order valence-corrected chi connectivity index (χ1v) is 10.4. The zero-order valence-electron chi connectivity index (χ0n) is 16.1. The third kappa shape index (κ3) is 2.81. The summed E-state index contributed by atoms with van der Waals surface area (Å²) >= 11 is 0. The van der Waals surface area contributed by atoms with E-state index >= 15 is 0 Å². The second kappa shape index (κ2) is 6.61. The van der Waals surface area contributed by atoms with Gasteiger partial charge in [0.25, 0.3) is 5.91 Å². The number of esters is 1. The molecule has 2 amide bonds. The van der Waals surface area contributed by atoms with E-state index in [1.807, 2.05) is 4.90 Å². The van der Waals surface area contributed by atoms with E-state index < -0.39 is 0 Å². The van der Waals surface area contributed by atoms with E-state index in [1.54, 1.807) is 24.3 Å². The van der Waals surface area contributed by atoms with Crippen LogP contribution in [-0.4, -0.2) is 41.9 Å². The lowest BCUT2D eigenvalue weighted by Gasteiger charge is -2.30. The summed E-state index contributed by atoms with van der Waals surface area (Å²) in [6.07, 6.45) is 3.80. The Morgan fingerprint density at radius 1 is 1.18 bits per heavy atom. The number of carbonyl (C=O) groups is 3. The summed E-state index contributed by atoms with van der Waals surface area (Å²) in [7, 11) is 0. The number of benzene rings is 1. The van der Waals surface area contributed by atoms with Crippen molar-refractivity contribution < 1.29 is 19.1 Å². The predicted molar refractivity (Wildman–Crippen MR) is 102 cm³/mol. The minimum Gasteiger partial charge on any atom is -0.462 e. The van der Waals surface area contributed by atoms with Gasteiger partial charge in [-0.1, -0.05) is 13.0 Å². The number of carbonyl (C=O) groups excluding carboxylic acids is 3. The van der Waals surface area contributed by atoms with E-state index in [9.17, 15) is 14.4 Å². The van der Waals surface area contributed by atoms with Gasteiger partial charge in [0.15, 0.2) is 0 Å². The van der Waals surface area contributed by atoms with Gasteiger partial charge in [-0.15, -0.1) is 0 Å². The first kappa shape index (κ1) is 17.7. The van der Waals surface area contributed by atoms with Gasteiger partial charge in [-0.25, -0.2) is 0 Å². The molecule has 6 heteroatoms. The minimum atomic E-state index is -0.306. The molecule has 2 saturated heterocycles. The lowest BCUT2D eigenvalue weighted by molar-refractivity contribution is -0.145. The van der Waals surface area contributed by atoms with Crippen molar-refractivity contribution in [2.24, 2.45) is 29.6 Å². The highest BCUT2D eigenvalue weighted by Crippen LogP contribution is 2.57. The molecule has 28 heavy (non-hydrogen) atoms. The number of hydrogen-bond acceptors (Lipinski definition) is 4. The van der Waals surface area contributed by atoms with Crippen LogP contribution in [0.25, 0.3) is 0 Å². The second-order valence-electron chi connectivity index (χ2n) is 8.97. The molecule has 4 fully saturated rings. The fraction of sp³-hybridized carbons (Fsp3) is 0.591. The Hall–Kier alpha value is -2.37. The Morgan fingerprint density at radius 2 is 1.96 bits per heavy atom. The molecule has 1 N–H and O–H groups in total. The Kier molecular flexibility index (Phi) is 4.18. The molecule has 4 aliphatic rings. The van der Waals surface area contributed by atoms with Crippen molar-refractivity contribution >= 4 is 23.5 Å². The number of nitrogens with one attached hydrogen (secondary N) is 1. The van der Waals surface area contributed by atoms with Gasteiger partial charge in [0.2, 0.25) is 5.91 Å². The van der Waals surface area contributed by atoms with E-state index in [0.29, 0.717) is 17.2 Å². The molecule has 6 nitrogen and oxygen atoms in total. The van der Waals surface area contributed by atoms with Gasteiger partial charge in [0.05, 0.1) is 11.8 Å². The molecule has 2 aliphatic heterocycles. The maximum Gasteiger partial charge on any atom is 0.310 e. The van der Waals surface area contributed by atoms with Gasteiger partial charge in [0, 0.05) is 30.3 Å². The van der Waals surface area contributed by atoms with Crippen molar-refractivity contribution in [2.45, 2.75) is 38.7 Å². The van der Waals surface area contributed by atoms with Gasteiger partial charge in [-0.05, 0) is 55.7 Å². The summed E-state index contributed by atoms with van der Waals surface area (Å²) in [5.41, 5.74) is 1.22. The number of hydrogen-bond donors (Lipinski definition) is 1. The number of nitrogens with zero attached hydrogens (tertiary/aromatic N) is 1. The Morgan fingerprint density at radius 3 is 2.75 bits per heavy atom. The summed E-state index contributed by atoms with van der Waals surface area (Å²) in [5.74, 6) is 0.199. The van der Waals surface area contributed by atoms with Crippen LogP contribution in [0.4, 0.5) is 5.69 Å². The first-order valence-electron chi connectivity index (χ1n) is 10.4. The maximum atomic E-state index is 12.9. The third-order valence-electron chi connectivity index (χ3n) is 7.23. The molecule has 5 rings (SSSR count). The standard InChI is InChI=1S/C22H26N2O4/c1-12-5-7-24(8-6-12)21(26)13-3-2-4-15(9-13)23-20(25)18-14-10-16-17(11-14)28-22(27)19(16)18/h2-4,9,12,14,16-19H,5-8,10-11H2,1H3,(H,23,25)/t14-,16+,17-,18+,19-/m1/s1. The maximum absolute atomic E-state index is 12.9. The Labute approximate surface area is 164 Å². The summed E-state index contributed by atoms with van der Waals surface area (Å²) in [6, 6.07) is 7.15. The average molecular weight is 382 g/mol. The number of likely N-dealkylation sites (tertiary alicyclic amines) is 1. The molecule has 1 aromatic carbocycles. The quantitative estimate of drug-likeness (QED) is 0.816. The van der Waals surface area contributed by atoms with Crippen molar-refractivity contribution in [1.29, 1.82) is 0 Å². The molecule has 0 aromatic heterocycles. The van der Waals surface area contributed by atoms with Crippen LogP contribution in [-0.2, 0) is 14.3 Å². The molecular weight excluding hydrogens is 356 g/mol. The molecule has 148 valence electrons. The number of rotatable bonds is 3. The van der Waals surface area contributed by atoms with Gasteiger partial charge in [-0.2, -0.15) is 0 Å². The molecule has 2 saturated carbocycles. The van der Waals surface area contributed by atoms with Crippen LogP contribution in [0, 0.1) is 29.6 Å². The second-order valence-corrected chi connectivity index (χ2v) is 8.97. The van der Waals surface area contributed by atoms with Gasteiger partial charge < -0.3 is 15.0 Å². The van der Waals surface area contributed by atoms with Crippen LogP contribution >= 0.6 is 0 Å². The van der Waals surface area contributed by atoms with Crippen LogP contribution in [0.3, 0.4) is 0 Å². The third-order valence-corrected chi connectivity index (χ3v) is 7.23. The van der Waals surface area contributed by atoms with Crippen molar-refractivity contribution in [3.63, 3.8) is 0 Å². The molecule has 0 radical (unpaired) electrons. The Balaban J connectivity index is 1.29. The van der Waals surface area contributed by atoms with E-state index in [-0.39, 0.29) is 47.6 Å². The van der Waals surface area contributed by atoms with Crippen molar-refractivity contribution in [1.82, 2.24) is 4.90 Å². The lowest BCUT2D eigenvalue weighted by atomic mass is 9.79. The molecule has 2 heterocycles.